The van der Waals surface area contributed by atoms with E-state index in [0.717, 1.165) is 5.69 Å². The molecule has 0 aliphatic carbocycles. The Hall–Kier alpha value is -3.07. The first kappa shape index (κ1) is 14.9. The van der Waals surface area contributed by atoms with Crippen LogP contribution in [0.3, 0.4) is 0 Å². The molecule has 0 heterocycles. The molecule has 3 aromatic rings. The van der Waals surface area contributed by atoms with Crippen molar-refractivity contribution in [2.24, 2.45) is 5.10 Å². The van der Waals surface area contributed by atoms with Gasteiger partial charge < -0.3 is 5.11 Å². The number of aromatic hydroxyl groups is 1. The summed E-state index contributed by atoms with van der Waals surface area (Å²) >= 11 is 0. The summed E-state index contributed by atoms with van der Waals surface area (Å²) in [7, 11) is 0. The second-order valence-corrected chi connectivity index (χ2v) is 5.18. The number of hydrogen-bond acceptors (Lipinski definition) is 3. The van der Waals surface area contributed by atoms with E-state index in [-0.39, 0.29) is 5.75 Å². The monoisotopic (exact) mass is 302 g/mol. The third-order valence-electron chi connectivity index (χ3n) is 3.50. The summed E-state index contributed by atoms with van der Waals surface area (Å²) in [6, 6.07) is 27.4. The van der Waals surface area contributed by atoms with Gasteiger partial charge in [-0.05, 0) is 29.8 Å². The Balaban J connectivity index is 1.88. The molecule has 114 valence electrons. The highest BCUT2D eigenvalue weighted by Crippen LogP contribution is 2.18. The molecule has 3 nitrogen and oxygen atoms in total. The van der Waals surface area contributed by atoms with Gasteiger partial charge in [0.05, 0.1) is 18.4 Å². The van der Waals surface area contributed by atoms with Crippen LogP contribution in [-0.4, -0.2) is 11.3 Å². The van der Waals surface area contributed by atoms with Crippen LogP contribution in [0, 0.1) is 0 Å². The minimum absolute atomic E-state index is 0.226. The van der Waals surface area contributed by atoms with Crippen LogP contribution >= 0.6 is 0 Å². The first-order valence-electron chi connectivity index (χ1n) is 7.51. The zero-order valence-electron chi connectivity index (χ0n) is 12.7. The number of anilines is 1. The maximum absolute atomic E-state index is 9.87. The molecule has 0 saturated carbocycles. The molecule has 0 aromatic heterocycles. The summed E-state index contributed by atoms with van der Waals surface area (Å²) in [5, 5.41) is 16.4. The molecular weight excluding hydrogens is 284 g/mol. The molecule has 0 unspecified atom stereocenters. The number of phenols is 1. The Bertz CT molecular complexity index is 770. The van der Waals surface area contributed by atoms with E-state index in [1.165, 1.54) is 5.56 Å². The van der Waals surface area contributed by atoms with Gasteiger partial charge in [0, 0.05) is 5.56 Å². The third kappa shape index (κ3) is 3.98. The average Bonchev–Trinajstić information content (AvgIpc) is 2.61. The van der Waals surface area contributed by atoms with Crippen molar-refractivity contribution in [2.75, 3.05) is 5.01 Å². The number of hydrogen-bond donors (Lipinski definition) is 1. The van der Waals surface area contributed by atoms with Crippen molar-refractivity contribution in [1.29, 1.82) is 0 Å². The highest BCUT2D eigenvalue weighted by molar-refractivity contribution is 5.83. The first-order chi connectivity index (χ1) is 11.3. The molecule has 0 aliphatic heterocycles. The lowest BCUT2D eigenvalue weighted by atomic mass is 10.2. The number of rotatable bonds is 5. The number of benzene rings is 3. The van der Waals surface area contributed by atoms with Crippen molar-refractivity contribution < 1.29 is 5.11 Å². The quantitative estimate of drug-likeness (QED) is 0.559. The fourth-order valence-electron chi connectivity index (χ4n) is 2.28. The summed E-state index contributed by atoms with van der Waals surface area (Å²) in [5.74, 6) is 0.226. The Morgan fingerprint density at radius 3 is 2.09 bits per heavy atom. The molecule has 3 rings (SSSR count). The van der Waals surface area contributed by atoms with Gasteiger partial charge in [0.1, 0.15) is 5.75 Å². The minimum Gasteiger partial charge on any atom is -0.507 e. The number of hydrazone groups is 1. The van der Waals surface area contributed by atoms with Crippen LogP contribution in [0.15, 0.2) is 90.0 Å². The lowest BCUT2D eigenvalue weighted by molar-refractivity contribution is 0.474. The van der Waals surface area contributed by atoms with E-state index >= 15 is 0 Å². The van der Waals surface area contributed by atoms with Crippen molar-refractivity contribution in [1.82, 2.24) is 0 Å². The Labute approximate surface area is 136 Å². The van der Waals surface area contributed by atoms with E-state index in [1.54, 1.807) is 18.3 Å². The maximum atomic E-state index is 9.87. The SMILES string of the molecule is Oc1ccccc1/C=N\N(Cc1ccccc1)c1ccccc1. The van der Waals surface area contributed by atoms with Gasteiger partial charge >= 0.3 is 0 Å². The predicted octanol–water partition coefficient (Wildman–Crippen LogP) is 4.43. The van der Waals surface area contributed by atoms with Crippen molar-refractivity contribution in [2.45, 2.75) is 6.54 Å². The lowest BCUT2D eigenvalue weighted by Gasteiger charge is -2.19. The van der Waals surface area contributed by atoms with E-state index in [9.17, 15) is 5.11 Å². The fraction of sp³-hybridized carbons (Fsp3) is 0.0500. The average molecular weight is 302 g/mol. The van der Waals surface area contributed by atoms with Crippen LogP contribution in [0.4, 0.5) is 5.69 Å². The van der Waals surface area contributed by atoms with Gasteiger partial charge in [-0.1, -0.05) is 60.7 Å². The highest BCUT2D eigenvalue weighted by atomic mass is 16.3. The highest BCUT2D eigenvalue weighted by Gasteiger charge is 2.05. The van der Waals surface area contributed by atoms with E-state index in [2.05, 4.69) is 17.2 Å². The number of para-hydroxylation sites is 2. The molecule has 0 bridgehead atoms. The topological polar surface area (TPSA) is 35.8 Å². The van der Waals surface area contributed by atoms with Crippen LogP contribution in [-0.2, 0) is 6.54 Å². The molecule has 0 amide bonds. The lowest BCUT2D eigenvalue weighted by Crippen LogP contribution is -2.16. The normalized spacial score (nSPS) is 10.8. The smallest absolute Gasteiger partial charge is 0.124 e. The summed E-state index contributed by atoms with van der Waals surface area (Å²) < 4.78 is 0. The van der Waals surface area contributed by atoms with Gasteiger partial charge in [-0.3, -0.25) is 5.01 Å². The molecule has 3 aromatic carbocycles. The van der Waals surface area contributed by atoms with Crippen molar-refractivity contribution in [3.63, 3.8) is 0 Å². The van der Waals surface area contributed by atoms with Crippen LogP contribution < -0.4 is 5.01 Å². The fourth-order valence-corrected chi connectivity index (χ4v) is 2.28. The molecule has 0 atom stereocenters. The Morgan fingerprint density at radius 1 is 0.783 bits per heavy atom. The van der Waals surface area contributed by atoms with E-state index < -0.39 is 0 Å². The molecule has 0 radical (unpaired) electrons. The first-order valence-corrected chi connectivity index (χ1v) is 7.51. The molecule has 1 N–H and O–H groups in total. The van der Waals surface area contributed by atoms with Gasteiger partial charge in [-0.2, -0.15) is 5.10 Å². The number of phenolic OH excluding ortho intramolecular Hbond substituents is 1. The summed E-state index contributed by atoms with van der Waals surface area (Å²) in [5.41, 5.74) is 2.87. The van der Waals surface area contributed by atoms with Crippen molar-refractivity contribution >= 4 is 11.9 Å². The largest absolute Gasteiger partial charge is 0.507 e. The second-order valence-electron chi connectivity index (χ2n) is 5.18. The molecule has 0 spiro atoms. The van der Waals surface area contributed by atoms with Gasteiger partial charge in [-0.25, -0.2) is 0 Å². The number of nitrogens with zero attached hydrogens (tertiary/aromatic N) is 2. The van der Waals surface area contributed by atoms with Crippen LogP contribution in [0.2, 0.25) is 0 Å². The van der Waals surface area contributed by atoms with Crippen molar-refractivity contribution in [3.05, 3.63) is 96.1 Å². The zero-order valence-corrected chi connectivity index (χ0v) is 12.7. The molecule has 23 heavy (non-hydrogen) atoms. The van der Waals surface area contributed by atoms with Crippen LogP contribution in [0.5, 0.6) is 5.75 Å². The predicted molar refractivity (Wildman–Crippen MR) is 94.8 cm³/mol. The molecular formula is C20H18N2O. The maximum Gasteiger partial charge on any atom is 0.124 e. The molecule has 0 fully saturated rings. The third-order valence-corrected chi connectivity index (χ3v) is 3.50. The molecule has 0 saturated heterocycles. The standard InChI is InChI=1S/C20H18N2O/c23-20-14-8-7-11-18(20)15-21-22(19-12-5-2-6-13-19)16-17-9-3-1-4-10-17/h1-15,23H,16H2/b21-15-. The molecule has 0 aliphatic rings. The van der Waals surface area contributed by atoms with E-state index in [4.69, 9.17) is 0 Å². The van der Waals surface area contributed by atoms with E-state index in [1.807, 2.05) is 65.7 Å². The van der Waals surface area contributed by atoms with Gasteiger partial charge in [0.15, 0.2) is 0 Å². The zero-order chi connectivity index (χ0) is 15.9. The summed E-state index contributed by atoms with van der Waals surface area (Å²) in [4.78, 5) is 0. The van der Waals surface area contributed by atoms with Crippen molar-refractivity contribution in [3.8, 4) is 5.75 Å². The molecule has 3 heteroatoms. The second kappa shape index (κ2) is 7.27. The Morgan fingerprint density at radius 2 is 1.39 bits per heavy atom. The van der Waals surface area contributed by atoms with Gasteiger partial charge in [-0.15, -0.1) is 0 Å². The summed E-state index contributed by atoms with van der Waals surface area (Å²) in [6.45, 7) is 0.662. The van der Waals surface area contributed by atoms with Crippen LogP contribution in [0.1, 0.15) is 11.1 Å². The van der Waals surface area contributed by atoms with Gasteiger partial charge in [0.25, 0.3) is 0 Å². The summed E-state index contributed by atoms with van der Waals surface area (Å²) in [6.07, 6.45) is 1.69. The van der Waals surface area contributed by atoms with Crippen LogP contribution in [0.25, 0.3) is 0 Å². The minimum atomic E-state index is 0.226. The Kier molecular flexibility index (Phi) is 4.69. The van der Waals surface area contributed by atoms with Gasteiger partial charge in [0.2, 0.25) is 0 Å². The van der Waals surface area contributed by atoms with E-state index in [0.29, 0.717) is 12.1 Å².